The molecule has 0 radical (unpaired) electrons. The minimum absolute atomic E-state index is 0.301. The van der Waals surface area contributed by atoms with E-state index in [0.717, 1.165) is 5.56 Å². The van der Waals surface area contributed by atoms with E-state index in [1.807, 2.05) is 30.3 Å². The molecule has 0 spiro atoms. The van der Waals surface area contributed by atoms with Crippen LogP contribution in [0.2, 0.25) is 0 Å². The first-order valence-corrected chi connectivity index (χ1v) is 6.79. The first-order valence-electron chi connectivity index (χ1n) is 6.79. The molecule has 0 bridgehead atoms. The minimum atomic E-state index is -0.954. The monoisotopic (exact) mass is 274 g/mol. The second-order valence-corrected chi connectivity index (χ2v) is 4.76. The van der Waals surface area contributed by atoms with Gasteiger partial charge in [0.25, 0.3) is 0 Å². The summed E-state index contributed by atoms with van der Waals surface area (Å²) in [7, 11) is 0. The van der Waals surface area contributed by atoms with Crippen molar-refractivity contribution in [3.05, 3.63) is 72.0 Å². The highest BCUT2D eigenvalue weighted by atomic mass is 19.1. The third kappa shape index (κ3) is 3.58. The first-order chi connectivity index (χ1) is 9.72. The standard InChI is InChI=1S/C17H19FO2/c1-2-15(18)14(17(19)16-9-6-12-20-16)11-10-13-7-4-3-5-8-13/h2-9,12,14,17,19H,10-11H2,1H3/b15-2+/t14-,17+/m0/s1. The van der Waals surface area contributed by atoms with Gasteiger partial charge < -0.3 is 9.52 Å². The van der Waals surface area contributed by atoms with Gasteiger partial charge >= 0.3 is 0 Å². The lowest BCUT2D eigenvalue weighted by Crippen LogP contribution is -2.14. The lowest BCUT2D eigenvalue weighted by molar-refractivity contribution is 0.0871. The van der Waals surface area contributed by atoms with Crippen LogP contribution >= 0.6 is 0 Å². The van der Waals surface area contributed by atoms with Crippen molar-refractivity contribution in [1.29, 1.82) is 0 Å². The molecule has 20 heavy (non-hydrogen) atoms. The van der Waals surface area contributed by atoms with Gasteiger partial charge in [0.15, 0.2) is 0 Å². The molecule has 0 fully saturated rings. The second-order valence-electron chi connectivity index (χ2n) is 4.76. The zero-order valence-corrected chi connectivity index (χ0v) is 11.5. The number of allylic oxidation sites excluding steroid dienone is 1. The van der Waals surface area contributed by atoms with Crippen LogP contribution in [0.5, 0.6) is 0 Å². The van der Waals surface area contributed by atoms with E-state index in [1.54, 1.807) is 19.1 Å². The van der Waals surface area contributed by atoms with Crippen LogP contribution in [0, 0.1) is 5.92 Å². The number of aryl methyl sites for hydroxylation is 1. The van der Waals surface area contributed by atoms with Gasteiger partial charge in [0.2, 0.25) is 0 Å². The van der Waals surface area contributed by atoms with Crippen molar-refractivity contribution in [3.8, 4) is 0 Å². The molecule has 2 nitrogen and oxygen atoms in total. The summed E-state index contributed by atoms with van der Waals surface area (Å²) < 4.78 is 19.2. The van der Waals surface area contributed by atoms with E-state index >= 15 is 0 Å². The Morgan fingerprint density at radius 2 is 2.00 bits per heavy atom. The van der Waals surface area contributed by atoms with E-state index in [9.17, 15) is 9.50 Å². The number of benzene rings is 1. The molecule has 2 atom stereocenters. The van der Waals surface area contributed by atoms with Crippen molar-refractivity contribution >= 4 is 0 Å². The fourth-order valence-corrected chi connectivity index (χ4v) is 2.29. The Balaban J connectivity index is 2.08. The molecule has 2 rings (SSSR count). The van der Waals surface area contributed by atoms with Crippen molar-refractivity contribution in [2.24, 2.45) is 5.92 Å². The van der Waals surface area contributed by atoms with Gasteiger partial charge in [-0.15, -0.1) is 0 Å². The number of hydrogen-bond donors (Lipinski definition) is 1. The summed E-state index contributed by atoms with van der Waals surface area (Å²) in [6.07, 6.45) is 3.18. The normalized spacial score (nSPS) is 15.1. The summed E-state index contributed by atoms with van der Waals surface area (Å²) >= 11 is 0. The summed E-state index contributed by atoms with van der Waals surface area (Å²) in [5.41, 5.74) is 1.13. The highest BCUT2D eigenvalue weighted by Crippen LogP contribution is 2.32. The third-order valence-corrected chi connectivity index (χ3v) is 3.43. The summed E-state index contributed by atoms with van der Waals surface area (Å²) in [6, 6.07) is 13.2. The summed E-state index contributed by atoms with van der Waals surface area (Å²) in [5.74, 6) is -0.476. The molecule has 1 aromatic heterocycles. The topological polar surface area (TPSA) is 33.4 Å². The van der Waals surface area contributed by atoms with Crippen LogP contribution in [0.3, 0.4) is 0 Å². The molecule has 0 unspecified atom stereocenters. The van der Waals surface area contributed by atoms with Crippen LogP contribution in [0.15, 0.2) is 65.0 Å². The van der Waals surface area contributed by atoms with Crippen molar-refractivity contribution in [3.63, 3.8) is 0 Å². The van der Waals surface area contributed by atoms with Gasteiger partial charge in [-0.1, -0.05) is 36.4 Å². The van der Waals surface area contributed by atoms with Gasteiger partial charge in [0, 0.05) is 5.92 Å². The smallest absolute Gasteiger partial charge is 0.132 e. The predicted octanol–water partition coefficient (Wildman–Crippen LogP) is 4.44. The molecule has 0 saturated heterocycles. The average Bonchev–Trinajstić information content (AvgIpc) is 3.02. The van der Waals surface area contributed by atoms with Crippen molar-refractivity contribution in [2.45, 2.75) is 25.9 Å². The molecule has 0 amide bonds. The zero-order valence-electron chi connectivity index (χ0n) is 11.5. The van der Waals surface area contributed by atoms with E-state index in [-0.39, 0.29) is 5.83 Å². The molecule has 0 saturated carbocycles. The maximum atomic E-state index is 14.0. The van der Waals surface area contributed by atoms with Gasteiger partial charge in [-0.25, -0.2) is 4.39 Å². The first kappa shape index (κ1) is 14.5. The summed E-state index contributed by atoms with van der Waals surface area (Å²) in [6.45, 7) is 1.64. The number of aliphatic hydroxyl groups excluding tert-OH is 1. The number of aliphatic hydroxyl groups is 1. The van der Waals surface area contributed by atoms with Crippen molar-refractivity contribution in [1.82, 2.24) is 0 Å². The Morgan fingerprint density at radius 1 is 1.25 bits per heavy atom. The number of halogens is 1. The van der Waals surface area contributed by atoms with Gasteiger partial charge in [0.05, 0.1) is 6.26 Å². The molecule has 2 aromatic rings. The van der Waals surface area contributed by atoms with E-state index in [1.165, 1.54) is 12.3 Å². The number of hydrogen-bond acceptors (Lipinski definition) is 2. The molecule has 106 valence electrons. The van der Waals surface area contributed by atoms with Gasteiger partial charge in [0.1, 0.15) is 17.7 Å². The highest BCUT2D eigenvalue weighted by Gasteiger charge is 2.26. The summed E-state index contributed by atoms with van der Waals surface area (Å²) in [5, 5.41) is 10.3. The Kier molecular flexibility index (Phi) is 5.13. The fraction of sp³-hybridized carbons (Fsp3) is 0.294. The largest absolute Gasteiger partial charge is 0.467 e. The van der Waals surface area contributed by atoms with Crippen LogP contribution in [0.1, 0.15) is 30.8 Å². The lowest BCUT2D eigenvalue weighted by atomic mass is 9.91. The van der Waals surface area contributed by atoms with Crippen LogP contribution in [-0.2, 0) is 6.42 Å². The molecule has 3 heteroatoms. The minimum Gasteiger partial charge on any atom is -0.467 e. The molecular weight excluding hydrogens is 255 g/mol. The van der Waals surface area contributed by atoms with Crippen molar-refractivity contribution < 1.29 is 13.9 Å². The maximum Gasteiger partial charge on any atom is 0.132 e. The Morgan fingerprint density at radius 3 is 2.60 bits per heavy atom. The molecule has 1 heterocycles. The molecule has 1 N–H and O–H groups in total. The van der Waals surface area contributed by atoms with Crippen LogP contribution in [0.25, 0.3) is 0 Å². The van der Waals surface area contributed by atoms with E-state index in [2.05, 4.69) is 0 Å². The zero-order chi connectivity index (χ0) is 14.4. The third-order valence-electron chi connectivity index (χ3n) is 3.43. The van der Waals surface area contributed by atoms with Crippen LogP contribution < -0.4 is 0 Å². The molecule has 1 aromatic carbocycles. The second kappa shape index (κ2) is 7.06. The molecule has 0 aliphatic rings. The van der Waals surface area contributed by atoms with Crippen LogP contribution in [0.4, 0.5) is 4.39 Å². The lowest BCUT2D eigenvalue weighted by Gasteiger charge is -2.20. The van der Waals surface area contributed by atoms with Gasteiger partial charge in [-0.2, -0.15) is 0 Å². The fourth-order valence-electron chi connectivity index (χ4n) is 2.29. The SMILES string of the molecule is C/C=C(/F)[C@H](CCc1ccccc1)[C@@H](O)c1ccco1. The quantitative estimate of drug-likeness (QED) is 0.845. The summed E-state index contributed by atoms with van der Waals surface area (Å²) in [4.78, 5) is 0. The Hall–Kier alpha value is -1.87. The highest BCUT2D eigenvalue weighted by molar-refractivity contribution is 5.16. The average molecular weight is 274 g/mol. The number of furan rings is 1. The van der Waals surface area contributed by atoms with E-state index in [4.69, 9.17) is 4.42 Å². The molecule has 0 aliphatic heterocycles. The van der Waals surface area contributed by atoms with Crippen molar-refractivity contribution in [2.75, 3.05) is 0 Å². The Bertz CT molecular complexity index is 531. The molecule has 0 aliphatic carbocycles. The number of rotatable bonds is 6. The van der Waals surface area contributed by atoms with Crippen LogP contribution in [-0.4, -0.2) is 5.11 Å². The van der Waals surface area contributed by atoms with Gasteiger partial charge in [-0.3, -0.25) is 0 Å². The predicted molar refractivity (Wildman–Crippen MR) is 76.8 cm³/mol. The van der Waals surface area contributed by atoms with E-state index < -0.39 is 12.0 Å². The molecular formula is C17H19FO2. The maximum absolute atomic E-state index is 14.0. The van der Waals surface area contributed by atoms with E-state index in [0.29, 0.717) is 18.6 Å². The Labute approximate surface area is 118 Å². The van der Waals surface area contributed by atoms with Gasteiger partial charge in [-0.05, 0) is 37.5 Å².